The lowest BCUT2D eigenvalue weighted by Gasteiger charge is -2.18. The van der Waals surface area contributed by atoms with Crippen molar-refractivity contribution >= 4 is 16.7 Å². The third kappa shape index (κ3) is 4.05. The molecule has 1 aromatic heterocycles. The summed E-state index contributed by atoms with van der Waals surface area (Å²) < 4.78 is 4.31. The van der Waals surface area contributed by atoms with Gasteiger partial charge in [-0.15, -0.1) is 0 Å². The van der Waals surface area contributed by atoms with E-state index in [2.05, 4.69) is 49.3 Å². The van der Waals surface area contributed by atoms with Gasteiger partial charge in [-0.3, -0.25) is 0 Å². The van der Waals surface area contributed by atoms with Gasteiger partial charge in [0.2, 0.25) is 5.13 Å². The molecule has 0 saturated carbocycles. The fourth-order valence-electron chi connectivity index (χ4n) is 1.07. The first-order chi connectivity index (χ1) is 6.37. The van der Waals surface area contributed by atoms with Gasteiger partial charge in [-0.25, -0.2) is 4.98 Å². The molecule has 0 atom stereocenters. The Morgan fingerprint density at radius 3 is 2.50 bits per heavy atom. The van der Waals surface area contributed by atoms with Crippen molar-refractivity contribution in [1.29, 1.82) is 0 Å². The molecular formula is C10H19N3S. The normalized spacial score (nSPS) is 12.1. The minimum atomic E-state index is 0.0641. The number of rotatable bonds is 3. The van der Waals surface area contributed by atoms with Crippen LogP contribution in [-0.4, -0.2) is 14.9 Å². The zero-order chi connectivity index (χ0) is 10.8. The Bertz CT molecular complexity index is 286. The quantitative estimate of drug-likeness (QED) is 0.839. The van der Waals surface area contributed by atoms with Crippen molar-refractivity contribution in [2.75, 3.05) is 5.32 Å². The van der Waals surface area contributed by atoms with Crippen molar-refractivity contribution in [2.24, 2.45) is 5.92 Å². The second-order valence-corrected chi connectivity index (χ2v) is 5.74. The molecule has 0 radical (unpaired) electrons. The molecule has 1 heterocycles. The van der Waals surface area contributed by atoms with Gasteiger partial charge in [0.15, 0.2) is 0 Å². The van der Waals surface area contributed by atoms with E-state index in [9.17, 15) is 0 Å². The number of hydrogen-bond acceptors (Lipinski definition) is 4. The number of hydrogen-bond donors (Lipinski definition) is 1. The molecular weight excluding hydrogens is 194 g/mol. The number of nitrogens with zero attached hydrogens (tertiary/aromatic N) is 2. The summed E-state index contributed by atoms with van der Waals surface area (Å²) in [5.41, 5.74) is 0.0641. The molecule has 0 saturated heterocycles. The van der Waals surface area contributed by atoms with E-state index in [-0.39, 0.29) is 5.54 Å². The van der Waals surface area contributed by atoms with Gasteiger partial charge in [-0.2, -0.15) is 4.37 Å². The third-order valence-corrected chi connectivity index (χ3v) is 2.21. The minimum absolute atomic E-state index is 0.0641. The molecule has 0 amide bonds. The highest BCUT2D eigenvalue weighted by Crippen LogP contribution is 2.17. The molecule has 1 rings (SSSR count). The van der Waals surface area contributed by atoms with Crippen LogP contribution in [0.1, 0.15) is 40.4 Å². The van der Waals surface area contributed by atoms with E-state index >= 15 is 0 Å². The molecule has 1 aromatic rings. The van der Waals surface area contributed by atoms with Crippen molar-refractivity contribution < 1.29 is 0 Å². The zero-order valence-corrected chi connectivity index (χ0v) is 10.4. The number of anilines is 1. The highest BCUT2D eigenvalue weighted by molar-refractivity contribution is 7.09. The first kappa shape index (κ1) is 11.4. The molecule has 0 aromatic carbocycles. The molecule has 0 aliphatic rings. The third-order valence-electron chi connectivity index (χ3n) is 1.54. The summed E-state index contributed by atoms with van der Waals surface area (Å²) in [6.45, 7) is 10.7. The van der Waals surface area contributed by atoms with Crippen LogP contribution >= 0.6 is 11.5 Å². The Morgan fingerprint density at radius 1 is 1.36 bits per heavy atom. The van der Waals surface area contributed by atoms with E-state index in [0.29, 0.717) is 5.92 Å². The van der Waals surface area contributed by atoms with Gasteiger partial charge in [-0.1, -0.05) is 13.8 Å². The van der Waals surface area contributed by atoms with Crippen molar-refractivity contribution in [2.45, 2.75) is 46.6 Å². The summed E-state index contributed by atoms with van der Waals surface area (Å²) in [4.78, 5) is 4.43. The van der Waals surface area contributed by atoms with E-state index in [1.54, 1.807) is 0 Å². The topological polar surface area (TPSA) is 37.8 Å². The lowest BCUT2D eigenvalue weighted by molar-refractivity contribution is 0.620. The van der Waals surface area contributed by atoms with E-state index < -0.39 is 0 Å². The molecule has 3 nitrogen and oxygen atoms in total. The Kier molecular flexibility index (Phi) is 3.48. The number of aromatic nitrogens is 2. The first-order valence-electron chi connectivity index (χ1n) is 4.97. The van der Waals surface area contributed by atoms with Gasteiger partial charge in [0.1, 0.15) is 5.82 Å². The van der Waals surface area contributed by atoms with Gasteiger partial charge in [-0.05, 0) is 26.7 Å². The fourth-order valence-corrected chi connectivity index (χ4v) is 1.88. The summed E-state index contributed by atoms with van der Waals surface area (Å²) in [5, 5.41) is 4.24. The Labute approximate surface area is 90.1 Å². The SMILES string of the molecule is CC(C)Cc1nsc(NC(C)(C)C)n1. The van der Waals surface area contributed by atoms with Crippen LogP contribution in [0.25, 0.3) is 0 Å². The number of nitrogens with one attached hydrogen (secondary N) is 1. The molecule has 80 valence electrons. The largest absolute Gasteiger partial charge is 0.356 e. The van der Waals surface area contributed by atoms with Gasteiger partial charge < -0.3 is 5.32 Å². The van der Waals surface area contributed by atoms with Crippen LogP contribution in [0.5, 0.6) is 0 Å². The highest BCUT2D eigenvalue weighted by Gasteiger charge is 2.13. The second kappa shape index (κ2) is 4.26. The molecule has 4 heteroatoms. The maximum Gasteiger partial charge on any atom is 0.202 e. The zero-order valence-electron chi connectivity index (χ0n) is 9.59. The average Bonchev–Trinajstić information content (AvgIpc) is 2.30. The van der Waals surface area contributed by atoms with Crippen LogP contribution in [0.4, 0.5) is 5.13 Å². The van der Waals surface area contributed by atoms with Crippen LogP contribution in [0.3, 0.4) is 0 Å². The van der Waals surface area contributed by atoms with Gasteiger partial charge in [0.25, 0.3) is 0 Å². The fraction of sp³-hybridized carbons (Fsp3) is 0.800. The molecule has 0 fully saturated rings. The summed E-state index contributed by atoms with van der Waals surface area (Å²) in [6.07, 6.45) is 0.961. The molecule has 0 unspecified atom stereocenters. The second-order valence-electron chi connectivity index (χ2n) is 4.99. The summed E-state index contributed by atoms with van der Waals surface area (Å²) in [7, 11) is 0. The maximum absolute atomic E-state index is 4.43. The van der Waals surface area contributed by atoms with Crippen LogP contribution in [-0.2, 0) is 6.42 Å². The molecule has 14 heavy (non-hydrogen) atoms. The van der Waals surface area contributed by atoms with E-state index in [1.807, 2.05) is 0 Å². The van der Waals surface area contributed by atoms with Crippen molar-refractivity contribution in [3.05, 3.63) is 5.82 Å². The average molecular weight is 213 g/mol. The van der Waals surface area contributed by atoms with Crippen LogP contribution in [0.15, 0.2) is 0 Å². The standard InChI is InChI=1S/C10H19N3S/c1-7(2)6-8-11-9(14-13-8)12-10(3,4)5/h7H,6H2,1-5H3,(H,11,12,13). The molecule has 0 aliphatic heterocycles. The summed E-state index contributed by atoms with van der Waals surface area (Å²) in [6, 6.07) is 0. The van der Waals surface area contributed by atoms with Crippen LogP contribution in [0, 0.1) is 5.92 Å². The monoisotopic (exact) mass is 213 g/mol. The lowest BCUT2D eigenvalue weighted by atomic mass is 10.1. The summed E-state index contributed by atoms with van der Waals surface area (Å²) >= 11 is 1.45. The molecule has 0 bridgehead atoms. The molecule has 0 spiro atoms. The van der Waals surface area contributed by atoms with E-state index in [1.165, 1.54) is 11.5 Å². The molecule has 0 aliphatic carbocycles. The minimum Gasteiger partial charge on any atom is -0.356 e. The Hall–Kier alpha value is -0.640. The predicted molar refractivity (Wildman–Crippen MR) is 61.8 cm³/mol. The first-order valence-corrected chi connectivity index (χ1v) is 5.75. The van der Waals surface area contributed by atoms with Gasteiger partial charge in [0.05, 0.1) is 0 Å². The van der Waals surface area contributed by atoms with Gasteiger partial charge in [0, 0.05) is 23.5 Å². The van der Waals surface area contributed by atoms with E-state index in [0.717, 1.165) is 17.4 Å². The van der Waals surface area contributed by atoms with E-state index in [4.69, 9.17) is 0 Å². The Balaban J connectivity index is 2.60. The van der Waals surface area contributed by atoms with Crippen LogP contribution in [0.2, 0.25) is 0 Å². The van der Waals surface area contributed by atoms with Crippen LogP contribution < -0.4 is 5.32 Å². The van der Waals surface area contributed by atoms with Crippen molar-refractivity contribution in [3.63, 3.8) is 0 Å². The summed E-state index contributed by atoms with van der Waals surface area (Å²) in [5.74, 6) is 1.57. The lowest BCUT2D eigenvalue weighted by Crippen LogP contribution is -2.25. The highest BCUT2D eigenvalue weighted by atomic mass is 32.1. The molecule has 1 N–H and O–H groups in total. The maximum atomic E-state index is 4.43. The Morgan fingerprint density at radius 2 is 2.00 bits per heavy atom. The predicted octanol–water partition coefficient (Wildman–Crippen LogP) is 2.95. The van der Waals surface area contributed by atoms with Crippen molar-refractivity contribution in [1.82, 2.24) is 9.36 Å². The smallest absolute Gasteiger partial charge is 0.202 e. The van der Waals surface area contributed by atoms with Gasteiger partial charge >= 0.3 is 0 Å². The van der Waals surface area contributed by atoms with Crippen molar-refractivity contribution in [3.8, 4) is 0 Å².